The Morgan fingerprint density at radius 1 is 1.21 bits per heavy atom. The topological polar surface area (TPSA) is 29.1 Å². The zero-order chi connectivity index (χ0) is 14.0. The molecule has 0 atom stereocenters. The molecule has 19 heavy (non-hydrogen) atoms. The van der Waals surface area contributed by atoms with E-state index < -0.39 is 17.5 Å². The average Bonchev–Trinajstić information content (AvgIpc) is 2.37. The van der Waals surface area contributed by atoms with Crippen molar-refractivity contribution in [2.45, 2.75) is 6.92 Å². The Bertz CT molecular complexity index is 643. The minimum Gasteiger partial charge on any atom is -0.319 e. The van der Waals surface area contributed by atoms with Gasteiger partial charge in [-0.25, -0.2) is 8.78 Å². The van der Waals surface area contributed by atoms with Crippen LogP contribution in [0.1, 0.15) is 15.9 Å². The van der Waals surface area contributed by atoms with Gasteiger partial charge in [0.1, 0.15) is 11.6 Å². The number of rotatable bonds is 2. The second-order valence-electron chi connectivity index (χ2n) is 4.04. The summed E-state index contributed by atoms with van der Waals surface area (Å²) < 4.78 is 27.4. The normalized spacial score (nSPS) is 10.3. The van der Waals surface area contributed by atoms with Crippen LogP contribution in [0.5, 0.6) is 0 Å². The van der Waals surface area contributed by atoms with Gasteiger partial charge in [0.15, 0.2) is 0 Å². The number of aryl methyl sites for hydroxylation is 1. The van der Waals surface area contributed by atoms with Crippen LogP contribution in [0, 0.1) is 18.6 Å². The number of carbonyl (C=O) groups is 1. The summed E-state index contributed by atoms with van der Waals surface area (Å²) in [5.74, 6) is -1.93. The molecule has 2 aromatic carbocycles. The standard InChI is InChI=1S/C14H10BrF2NO/c1-8-5-6-11(16)12(7-8)18-14(19)9-3-2-4-10(15)13(9)17/h2-7H,1H3,(H,18,19). The number of hydrogen-bond donors (Lipinski definition) is 1. The van der Waals surface area contributed by atoms with E-state index >= 15 is 0 Å². The summed E-state index contributed by atoms with van der Waals surface area (Å²) in [5.41, 5.74) is 0.686. The van der Waals surface area contributed by atoms with Crippen LogP contribution >= 0.6 is 15.9 Å². The molecule has 0 unspecified atom stereocenters. The first-order valence-corrected chi connectivity index (χ1v) is 6.30. The van der Waals surface area contributed by atoms with Crippen LogP contribution in [0.3, 0.4) is 0 Å². The van der Waals surface area contributed by atoms with E-state index in [4.69, 9.17) is 0 Å². The minimum absolute atomic E-state index is 0.0318. The quantitative estimate of drug-likeness (QED) is 0.876. The molecule has 0 spiro atoms. The number of anilines is 1. The average molecular weight is 326 g/mol. The molecule has 2 aromatic rings. The van der Waals surface area contributed by atoms with Crippen LogP contribution < -0.4 is 5.32 Å². The van der Waals surface area contributed by atoms with E-state index in [0.29, 0.717) is 0 Å². The highest BCUT2D eigenvalue weighted by atomic mass is 79.9. The second kappa shape index (κ2) is 5.48. The third-order valence-electron chi connectivity index (χ3n) is 2.57. The van der Waals surface area contributed by atoms with Gasteiger partial charge in [0, 0.05) is 0 Å². The number of halogens is 3. The van der Waals surface area contributed by atoms with Crippen LogP contribution in [0.4, 0.5) is 14.5 Å². The van der Waals surface area contributed by atoms with Gasteiger partial charge in [0.05, 0.1) is 15.7 Å². The Morgan fingerprint density at radius 2 is 1.95 bits per heavy atom. The maximum atomic E-state index is 13.7. The van der Waals surface area contributed by atoms with Crippen LogP contribution in [0.15, 0.2) is 40.9 Å². The Hall–Kier alpha value is -1.75. The predicted molar refractivity (Wildman–Crippen MR) is 73.2 cm³/mol. The molecule has 0 bridgehead atoms. The third kappa shape index (κ3) is 2.98. The van der Waals surface area contributed by atoms with Crippen LogP contribution in [-0.2, 0) is 0 Å². The summed E-state index contributed by atoms with van der Waals surface area (Å²) in [7, 11) is 0. The maximum absolute atomic E-state index is 13.7. The Labute approximate surface area is 117 Å². The first kappa shape index (κ1) is 13.7. The molecule has 0 aliphatic heterocycles. The van der Waals surface area contributed by atoms with E-state index in [2.05, 4.69) is 21.2 Å². The Balaban J connectivity index is 2.31. The van der Waals surface area contributed by atoms with Crippen molar-refractivity contribution in [3.63, 3.8) is 0 Å². The monoisotopic (exact) mass is 325 g/mol. The molecule has 0 aliphatic carbocycles. The summed E-state index contributed by atoms with van der Waals surface area (Å²) in [6.45, 7) is 1.77. The number of amides is 1. The zero-order valence-corrected chi connectivity index (χ0v) is 11.6. The lowest BCUT2D eigenvalue weighted by Gasteiger charge is -2.08. The second-order valence-corrected chi connectivity index (χ2v) is 4.89. The first-order chi connectivity index (χ1) is 8.99. The number of hydrogen-bond acceptors (Lipinski definition) is 1. The fourth-order valence-corrected chi connectivity index (χ4v) is 1.97. The molecule has 0 radical (unpaired) electrons. The summed E-state index contributed by atoms with van der Waals surface area (Å²) in [4.78, 5) is 11.9. The SMILES string of the molecule is Cc1ccc(F)c(NC(=O)c2cccc(Br)c2F)c1. The lowest BCUT2D eigenvalue weighted by atomic mass is 10.1. The highest BCUT2D eigenvalue weighted by Gasteiger charge is 2.15. The van der Waals surface area contributed by atoms with E-state index in [1.165, 1.54) is 30.3 Å². The van der Waals surface area contributed by atoms with Crippen molar-refractivity contribution < 1.29 is 13.6 Å². The van der Waals surface area contributed by atoms with Gasteiger partial charge in [-0.1, -0.05) is 12.1 Å². The lowest BCUT2D eigenvalue weighted by Crippen LogP contribution is -2.15. The number of nitrogens with one attached hydrogen (secondary N) is 1. The third-order valence-corrected chi connectivity index (χ3v) is 3.18. The molecule has 2 nitrogen and oxygen atoms in total. The molecule has 0 saturated heterocycles. The fourth-order valence-electron chi connectivity index (χ4n) is 1.60. The largest absolute Gasteiger partial charge is 0.319 e. The molecule has 1 N–H and O–H groups in total. The van der Waals surface area contributed by atoms with Crippen LogP contribution in [0.2, 0.25) is 0 Å². The number of benzene rings is 2. The molecule has 2 rings (SSSR count). The highest BCUT2D eigenvalue weighted by molar-refractivity contribution is 9.10. The Kier molecular flexibility index (Phi) is 3.95. The van der Waals surface area contributed by atoms with E-state index in [1.54, 1.807) is 13.0 Å². The molecular formula is C14H10BrF2NO. The van der Waals surface area contributed by atoms with E-state index in [1.807, 2.05) is 0 Å². The van der Waals surface area contributed by atoms with Gasteiger partial charge in [0.2, 0.25) is 0 Å². The van der Waals surface area contributed by atoms with Crippen molar-refractivity contribution in [3.8, 4) is 0 Å². The molecule has 0 aliphatic rings. The van der Waals surface area contributed by atoms with Crippen LogP contribution in [-0.4, -0.2) is 5.91 Å². The van der Waals surface area contributed by atoms with Crippen molar-refractivity contribution >= 4 is 27.5 Å². The van der Waals surface area contributed by atoms with Crippen molar-refractivity contribution in [2.75, 3.05) is 5.32 Å². The maximum Gasteiger partial charge on any atom is 0.258 e. The molecule has 98 valence electrons. The van der Waals surface area contributed by atoms with Gasteiger partial charge in [-0.15, -0.1) is 0 Å². The fraction of sp³-hybridized carbons (Fsp3) is 0.0714. The van der Waals surface area contributed by atoms with Crippen LogP contribution in [0.25, 0.3) is 0 Å². The van der Waals surface area contributed by atoms with Gasteiger partial charge in [-0.2, -0.15) is 0 Å². The summed E-state index contributed by atoms with van der Waals surface area (Å²) in [5, 5.41) is 2.36. The first-order valence-electron chi connectivity index (χ1n) is 5.50. The summed E-state index contributed by atoms with van der Waals surface area (Å²) >= 11 is 3.00. The lowest BCUT2D eigenvalue weighted by molar-refractivity contribution is 0.102. The smallest absolute Gasteiger partial charge is 0.258 e. The summed E-state index contributed by atoms with van der Waals surface area (Å²) in [6, 6.07) is 8.69. The summed E-state index contributed by atoms with van der Waals surface area (Å²) in [6.07, 6.45) is 0. The number of carbonyl (C=O) groups excluding carboxylic acids is 1. The molecule has 5 heteroatoms. The van der Waals surface area contributed by atoms with E-state index in [-0.39, 0.29) is 15.7 Å². The molecule has 1 amide bonds. The molecular weight excluding hydrogens is 316 g/mol. The zero-order valence-electron chi connectivity index (χ0n) is 10.0. The van der Waals surface area contributed by atoms with Crippen molar-refractivity contribution in [3.05, 3.63) is 63.6 Å². The van der Waals surface area contributed by atoms with Gasteiger partial charge < -0.3 is 5.32 Å². The van der Waals surface area contributed by atoms with Gasteiger partial charge in [0.25, 0.3) is 5.91 Å². The van der Waals surface area contributed by atoms with Gasteiger partial charge in [-0.3, -0.25) is 4.79 Å². The Morgan fingerprint density at radius 3 is 2.68 bits per heavy atom. The molecule has 0 fully saturated rings. The molecule has 0 heterocycles. The molecule has 0 saturated carbocycles. The van der Waals surface area contributed by atoms with E-state index in [0.717, 1.165) is 5.56 Å². The van der Waals surface area contributed by atoms with Gasteiger partial charge in [-0.05, 0) is 52.7 Å². The molecule has 0 aromatic heterocycles. The highest BCUT2D eigenvalue weighted by Crippen LogP contribution is 2.21. The van der Waals surface area contributed by atoms with E-state index in [9.17, 15) is 13.6 Å². The predicted octanol–water partition coefficient (Wildman–Crippen LogP) is 4.29. The van der Waals surface area contributed by atoms with Crippen molar-refractivity contribution in [1.29, 1.82) is 0 Å². The van der Waals surface area contributed by atoms with Crippen molar-refractivity contribution in [2.24, 2.45) is 0 Å². The minimum atomic E-state index is -0.691. The van der Waals surface area contributed by atoms with Crippen molar-refractivity contribution in [1.82, 2.24) is 0 Å². The van der Waals surface area contributed by atoms with Gasteiger partial charge >= 0.3 is 0 Å².